The van der Waals surface area contributed by atoms with Crippen LogP contribution in [0.5, 0.6) is 11.5 Å². The van der Waals surface area contributed by atoms with E-state index in [0.29, 0.717) is 6.61 Å². The maximum absolute atomic E-state index is 5.53. The number of aryl methyl sites for hydroxylation is 1. The summed E-state index contributed by atoms with van der Waals surface area (Å²) in [6.45, 7) is 5.62. The van der Waals surface area contributed by atoms with Gasteiger partial charge < -0.3 is 14.8 Å². The second kappa shape index (κ2) is 9.37. The number of rotatable bonds is 9. The minimum atomic E-state index is 0.665. The van der Waals surface area contributed by atoms with Gasteiger partial charge >= 0.3 is 0 Å². The van der Waals surface area contributed by atoms with Gasteiger partial charge in [-0.15, -0.1) is 11.3 Å². The van der Waals surface area contributed by atoms with Crippen molar-refractivity contribution in [3.8, 4) is 22.1 Å². The Hall–Kier alpha value is -2.60. The summed E-state index contributed by atoms with van der Waals surface area (Å²) in [6.07, 6.45) is 3.52. The summed E-state index contributed by atoms with van der Waals surface area (Å²) in [6, 6.07) is 10.3. The summed E-state index contributed by atoms with van der Waals surface area (Å²) in [4.78, 5) is 9.80. The highest BCUT2D eigenvalue weighted by molar-refractivity contribution is 7.13. The Labute approximate surface area is 164 Å². The molecule has 27 heavy (non-hydrogen) atoms. The number of ether oxygens (including phenoxy) is 2. The molecule has 1 aromatic carbocycles. The van der Waals surface area contributed by atoms with Crippen molar-refractivity contribution in [2.45, 2.75) is 26.7 Å². The van der Waals surface area contributed by atoms with Gasteiger partial charge in [0.15, 0.2) is 0 Å². The minimum absolute atomic E-state index is 0.665. The SMILES string of the molecule is CCOc1csc(-c2cc(NCCc3ccc(OC)cc3CC)ncn2)c1. The first-order valence-corrected chi connectivity index (χ1v) is 10.0. The molecular weight excluding hydrogens is 358 g/mol. The third-order valence-corrected chi connectivity index (χ3v) is 5.23. The molecule has 0 radical (unpaired) electrons. The Kier molecular flexibility index (Phi) is 6.65. The number of hydrogen-bond donors (Lipinski definition) is 1. The maximum Gasteiger partial charge on any atom is 0.130 e. The molecule has 0 saturated heterocycles. The number of benzene rings is 1. The van der Waals surface area contributed by atoms with Gasteiger partial charge in [-0.25, -0.2) is 9.97 Å². The minimum Gasteiger partial charge on any atom is -0.497 e. The summed E-state index contributed by atoms with van der Waals surface area (Å²) >= 11 is 1.63. The lowest BCUT2D eigenvalue weighted by Crippen LogP contribution is -2.08. The van der Waals surface area contributed by atoms with Crippen LogP contribution >= 0.6 is 11.3 Å². The molecule has 2 heterocycles. The predicted molar refractivity (Wildman–Crippen MR) is 111 cm³/mol. The average molecular weight is 384 g/mol. The highest BCUT2D eigenvalue weighted by Gasteiger charge is 2.07. The summed E-state index contributed by atoms with van der Waals surface area (Å²) < 4.78 is 10.9. The van der Waals surface area contributed by atoms with Gasteiger partial charge in [-0.2, -0.15) is 0 Å². The molecule has 0 aliphatic heterocycles. The molecule has 3 rings (SSSR count). The van der Waals surface area contributed by atoms with Gasteiger partial charge in [0.05, 0.1) is 24.3 Å². The highest BCUT2D eigenvalue weighted by Crippen LogP contribution is 2.30. The molecule has 3 aromatic rings. The number of nitrogens with one attached hydrogen (secondary N) is 1. The zero-order valence-corrected chi connectivity index (χ0v) is 16.8. The largest absolute Gasteiger partial charge is 0.497 e. The number of thiophene rings is 1. The normalized spacial score (nSPS) is 10.6. The molecular formula is C21H25N3O2S. The molecule has 0 aliphatic rings. The average Bonchev–Trinajstić information content (AvgIpc) is 3.17. The van der Waals surface area contributed by atoms with Crippen molar-refractivity contribution in [3.05, 3.63) is 53.2 Å². The first-order chi connectivity index (χ1) is 13.2. The molecule has 0 spiro atoms. The van der Waals surface area contributed by atoms with Gasteiger partial charge in [0, 0.05) is 24.1 Å². The van der Waals surface area contributed by atoms with Crippen LogP contribution in [0.2, 0.25) is 0 Å². The van der Waals surface area contributed by atoms with Crippen molar-refractivity contribution >= 4 is 17.2 Å². The fourth-order valence-corrected chi connectivity index (χ4v) is 3.71. The Morgan fingerprint density at radius 1 is 1.04 bits per heavy atom. The zero-order valence-electron chi connectivity index (χ0n) is 16.0. The van der Waals surface area contributed by atoms with Crippen LogP contribution in [0.3, 0.4) is 0 Å². The third-order valence-electron chi connectivity index (χ3n) is 4.30. The number of aromatic nitrogens is 2. The Morgan fingerprint density at radius 3 is 2.70 bits per heavy atom. The van der Waals surface area contributed by atoms with Gasteiger partial charge in [-0.05, 0) is 43.0 Å². The molecule has 0 bridgehead atoms. The van der Waals surface area contributed by atoms with E-state index >= 15 is 0 Å². The van der Waals surface area contributed by atoms with E-state index < -0.39 is 0 Å². The first-order valence-electron chi connectivity index (χ1n) is 9.16. The third kappa shape index (κ3) is 4.98. The lowest BCUT2D eigenvalue weighted by atomic mass is 10.0. The lowest BCUT2D eigenvalue weighted by molar-refractivity contribution is 0.342. The molecule has 0 amide bonds. The van der Waals surface area contributed by atoms with Crippen LogP contribution < -0.4 is 14.8 Å². The van der Waals surface area contributed by atoms with Gasteiger partial charge in [0.1, 0.15) is 23.6 Å². The van der Waals surface area contributed by atoms with E-state index in [9.17, 15) is 0 Å². The van der Waals surface area contributed by atoms with Crippen LogP contribution in [0.15, 0.2) is 42.0 Å². The molecule has 142 valence electrons. The topological polar surface area (TPSA) is 56.3 Å². The molecule has 6 heteroatoms. The molecule has 0 fully saturated rings. The van der Waals surface area contributed by atoms with Crippen LogP contribution in [0, 0.1) is 0 Å². The summed E-state index contributed by atoms with van der Waals surface area (Å²) in [5.41, 5.74) is 3.56. The Bertz CT molecular complexity index is 879. The molecule has 0 unspecified atom stereocenters. The van der Waals surface area contributed by atoms with E-state index in [1.54, 1.807) is 24.8 Å². The molecule has 2 aromatic heterocycles. The van der Waals surface area contributed by atoms with Crippen molar-refractivity contribution in [1.29, 1.82) is 0 Å². The Balaban J connectivity index is 1.63. The second-order valence-corrected chi connectivity index (χ2v) is 6.94. The van der Waals surface area contributed by atoms with Crippen LogP contribution in [-0.4, -0.2) is 30.2 Å². The van der Waals surface area contributed by atoms with Crippen molar-refractivity contribution in [3.63, 3.8) is 0 Å². The van der Waals surface area contributed by atoms with Crippen molar-refractivity contribution < 1.29 is 9.47 Å². The predicted octanol–water partition coefficient (Wildman–Crippen LogP) is 4.83. The van der Waals surface area contributed by atoms with Crippen molar-refractivity contribution in [1.82, 2.24) is 9.97 Å². The molecule has 5 nitrogen and oxygen atoms in total. The summed E-state index contributed by atoms with van der Waals surface area (Å²) in [7, 11) is 1.70. The highest BCUT2D eigenvalue weighted by atomic mass is 32.1. The van der Waals surface area contributed by atoms with E-state index in [2.05, 4.69) is 34.3 Å². The fourth-order valence-electron chi connectivity index (χ4n) is 2.91. The van der Waals surface area contributed by atoms with Gasteiger partial charge in [0.25, 0.3) is 0 Å². The smallest absolute Gasteiger partial charge is 0.130 e. The van der Waals surface area contributed by atoms with Crippen LogP contribution in [0.4, 0.5) is 5.82 Å². The van der Waals surface area contributed by atoms with E-state index in [1.807, 2.05) is 30.5 Å². The number of nitrogens with zero attached hydrogens (tertiary/aromatic N) is 2. The standard InChI is InChI=1S/C21H25N3O2S/c1-4-15-10-17(25-3)7-6-16(15)8-9-22-21-12-19(23-14-24-21)20-11-18(13-27-20)26-5-2/h6-7,10-14H,4-5,8-9H2,1-3H3,(H,22,23,24). The molecule has 0 aliphatic carbocycles. The monoisotopic (exact) mass is 383 g/mol. The number of hydrogen-bond acceptors (Lipinski definition) is 6. The van der Waals surface area contributed by atoms with Crippen molar-refractivity contribution in [2.75, 3.05) is 25.6 Å². The summed E-state index contributed by atoms with van der Waals surface area (Å²) in [5, 5.41) is 5.41. The fraction of sp³-hybridized carbons (Fsp3) is 0.333. The van der Waals surface area contributed by atoms with Gasteiger partial charge in [0.2, 0.25) is 0 Å². The zero-order chi connectivity index (χ0) is 19.1. The molecule has 0 saturated carbocycles. The van der Waals surface area contributed by atoms with E-state index in [4.69, 9.17) is 9.47 Å². The van der Waals surface area contributed by atoms with Crippen LogP contribution in [0.25, 0.3) is 10.6 Å². The van der Waals surface area contributed by atoms with E-state index in [-0.39, 0.29) is 0 Å². The van der Waals surface area contributed by atoms with Crippen LogP contribution in [0.1, 0.15) is 25.0 Å². The summed E-state index contributed by atoms with van der Waals surface area (Å²) in [5.74, 6) is 2.63. The maximum atomic E-state index is 5.53. The number of anilines is 1. The van der Waals surface area contributed by atoms with Gasteiger partial charge in [-0.1, -0.05) is 13.0 Å². The number of methoxy groups -OCH3 is 1. The second-order valence-electron chi connectivity index (χ2n) is 6.03. The quantitative estimate of drug-likeness (QED) is 0.573. The molecule has 1 N–H and O–H groups in total. The molecule has 0 atom stereocenters. The first kappa shape index (κ1) is 19.2. The van der Waals surface area contributed by atoms with Crippen LogP contribution in [-0.2, 0) is 12.8 Å². The van der Waals surface area contributed by atoms with E-state index in [0.717, 1.165) is 47.3 Å². The Morgan fingerprint density at radius 2 is 1.93 bits per heavy atom. The van der Waals surface area contributed by atoms with Crippen molar-refractivity contribution in [2.24, 2.45) is 0 Å². The van der Waals surface area contributed by atoms with Gasteiger partial charge in [-0.3, -0.25) is 0 Å². The van der Waals surface area contributed by atoms with E-state index in [1.165, 1.54) is 11.1 Å². The lowest BCUT2D eigenvalue weighted by Gasteiger charge is -2.11.